The highest BCUT2D eigenvalue weighted by molar-refractivity contribution is 6.07. The maximum absolute atomic E-state index is 13.0. The molecule has 6 heteroatoms. The number of pyridine rings is 1. The summed E-state index contributed by atoms with van der Waals surface area (Å²) in [5, 5.41) is 3.06. The zero-order valence-corrected chi connectivity index (χ0v) is 11.9. The van der Waals surface area contributed by atoms with E-state index in [0.29, 0.717) is 30.0 Å². The molecule has 2 heterocycles. The van der Waals surface area contributed by atoms with Crippen molar-refractivity contribution in [2.45, 2.75) is 13.1 Å². The van der Waals surface area contributed by atoms with Crippen LogP contribution in [0.3, 0.4) is 0 Å². The number of nitrogens with zero attached hydrogens (tertiary/aromatic N) is 2. The minimum absolute atomic E-state index is 0.459. The quantitative estimate of drug-likeness (QED) is 0.923. The Morgan fingerprint density at radius 1 is 1.09 bits per heavy atom. The normalized spacial score (nSPS) is 15.0. The molecular formula is C16H14F3N3. The van der Waals surface area contributed by atoms with Crippen molar-refractivity contribution in [3.63, 3.8) is 0 Å². The van der Waals surface area contributed by atoms with Gasteiger partial charge in [-0.25, -0.2) is 0 Å². The number of aliphatic imine (C=N–C) groups is 1. The fourth-order valence-corrected chi connectivity index (χ4v) is 2.44. The summed E-state index contributed by atoms with van der Waals surface area (Å²) < 4.78 is 39.0. The van der Waals surface area contributed by atoms with E-state index in [9.17, 15) is 13.2 Å². The van der Waals surface area contributed by atoms with Gasteiger partial charge in [-0.2, -0.15) is 13.2 Å². The van der Waals surface area contributed by atoms with E-state index in [4.69, 9.17) is 0 Å². The molecule has 114 valence electrons. The molecule has 0 spiro atoms. The monoisotopic (exact) mass is 305 g/mol. The molecule has 3 nitrogen and oxygen atoms in total. The van der Waals surface area contributed by atoms with Crippen molar-refractivity contribution in [2.24, 2.45) is 4.99 Å². The van der Waals surface area contributed by atoms with Crippen LogP contribution in [0.2, 0.25) is 0 Å². The first-order chi connectivity index (χ1) is 10.4. The van der Waals surface area contributed by atoms with Gasteiger partial charge in [-0.1, -0.05) is 12.1 Å². The summed E-state index contributed by atoms with van der Waals surface area (Å²) >= 11 is 0. The fraction of sp³-hybridized carbons (Fsp3) is 0.250. The van der Waals surface area contributed by atoms with Crippen LogP contribution in [0.15, 0.2) is 41.4 Å². The van der Waals surface area contributed by atoms with Crippen molar-refractivity contribution in [1.82, 2.24) is 10.3 Å². The third kappa shape index (κ3) is 2.87. The number of rotatable bonds is 2. The molecule has 1 aliphatic rings. The first-order valence-corrected chi connectivity index (χ1v) is 6.85. The average Bonchev–Trinajstić information content (AvgIpc) is 3.00. The van der Waals surface area contributed by atoms with E-state index in [1.807, 2.05) is 13.0 Å². The van der Waals surface area contributed by atoms with Gasteiger partial charge in [-0.15, -0.1) is 0 Å². The standard InChI is InChI=1S/C16H14F3N3/c1-10-3-2-4-14(22-10)13-7-11(16(17,18)19)5-6-12(13)15-8-20-9-21-15/h2-7,20H,8-9H2,1H3. The van der Waals surface area contributed by atoms with Gasteiger partial charge in [0.15, 0.2) is 0 Å². The topological polar surface area (TPSA) is 37.3 Å². The van der Waals surface area contributed by atoms with Crippen LogP contribution in [0.4, 0.5) is 13.2 Å². The van der Waals surface area contributed by atoms with E-state index in [-0.39, 0.29) is 0 Å². The molecule has 2 aromatic rings. The third-order valence-electron chi connectivity index (χ3n) is 3.50. The molecule has 0 fully saturated rings. The maximum atomic E-state index is 13.0. The van der Waals surface area contributed by atoms with Crippen molar-refractivity contribution in [2.75, 3.05) is 13.2 Å². The second-order valence-electron chi connectivity index (χ2n) is 5.11. The first-order valence-electron chi connectivity index (χ1n) is 6.85. The molecule has 0 aliphatic carbocycles. The second kappa shape index (κ2) is 5.53. The van der Waals surface area contributed by atoms with Crippen LogP contribution < -0.4 is 5.32 Å². The Balaban J connectivity index is 2.18. The fourth-order valence-electron chi connectivity index (χ4n) is 2.44. The van der Waals surface area contributed by atoms with E-state index in [2.05, 4.69) is 15.3 Å². The molecule has 0 unspecified atom stereocenters. The number of halogens is 3. The molecule has 0 radical (unpaired) electrons. The zero-order valence-electron chi connectivity index (χ0n) is 11.9. The third-order valence-corrected chi connectivity index (χ3v) is 3.50. The predicted molar refractivity (Wildman–Crippen MR) is 78.8 cm³/mol. The van der Waals surface area contributed by atoms with Crippen LogP contribution in [0.5, 0.6) is 0 Å². The number of hydrogen-bond acceptors (Lipinski definition) is 3. The molecule has 0 saturated carbocycles. The van der Waals surface area contributed by atoms with Gasteiger partial charge in [-0.3, -0.25) is 15.3 Å². The highest BCUT2D eigenvalue weighted by atomic mass is 19.4. The molecule has 22 heavy (non-hydrogen) atoms. The molecule has 0 saturated heterocycles. The zero-order chi connectivity index (χ0) is 15.7. The number of hydrogen-bond donors (Lipinski definition) is 1. The maximum Gasteiger partial charge on any atom is 0.416 e. The van der Waals surface area contributed by atoms with E-state index in [0.717, 1.165) is 23.5 Å². The van der Waals surface area contributed by atoms with Crippen molar-refractivity contribution < 1.29 is 13.2 Å². The van der Waals surface area contributed by atoms with Gasteiger partial charge in [0.05, 0.1) is 23.6 Å². The van der Waals surface area contributed by atoms with Gasteiger partial charge >= 0.3 is 6.18 Å². The van der Waals surface area contributed by atoms with Crippen LogP contribution in [0.25, 0.3) is 11.3 Å². The van der Waals surface area contributed by atoms with Crippen molar-refractivity contribution in [3.8, 4) is 11.3 Å². The van der Waals surface area contributed by atoms with Gasteiger partial charge in [0, 0.05) is 23.4 Å². The van der Waals surface area contributed by atoms with E-state index >= 15 is 0 Å². The molecule has 0 bridgehead atoms. The largest absolute Gasteiger partial charge is 0.416 e. The highest BCUT2D eigenvalue weighted by Gasteiger charge is 2.31. The van der Waals surface area contributed by atoms with E-state index < -0.39 is 11.7 Å². The Bertz CT molecular complexity index is 736. The van der Waals surface area contributed by atoms with Gasteiger partial charge in [0.1, 0.15) is 0 Å². The summed E-state index contributed by atoms with van der Waals surface area (Å²) in [7, 11) is 0. The Labute approximate surface area is 125 Å². The lowest BCUT2D eigenvalue weighted by atomic mass is 9.97. The summed E-state index contributed by atoms with van der Waals surface area (Å²) in [6, 6.07) is 9.04. The number of aromatic nitrogens is 1. The van der Waals surface area contributed by atoms with Crippen molar-refractivity contribution in [3.05, 3.63) is 53.2 Å². The smallest absolute Gasteiger partial charge is 0.293 e. The Kier molecular flexibility index (Phi) is 3.70. The minimum Gasteiger partial charge on any atom is -0.293 e. The van der Waals surface area contributed by atoms with Crippen molar-refractivity contribution in [1.29, 1.82) is 0 Å². The van der Waals surface area contributed by atoms with Crippen LogP contribution in [-0.4, -0.2) is 23.9 Å². The summed E-state index contributed by atoms with van der Waals surface area (Å²) in [6.07, 6.45) is -4.38. The predicted octanol–water partition coefficient (Wildman–Crippen LogP) is 3.43. The Morgan fingerprint density at radius 2 is 1.91 bits per heavy atom. The molecule has 1 aromatic heterocycles. The molecule has 1 aromatic carbocycles. The van der Waals surface area contributed by atoms with Gasteiger partial charge in [0.2, 0.25) is 0 Å². The molecule has 1 aliphatic heterocycles. The second-order valence-corrected chi connectivity index (χ2v) is 5.11. The Hall–Kier alpha value is -2.21. The van der Waals surface area contributed by atoms with Gasteiger partial charge < -0.3 is 0 Å². The summed E-state index contributed by atoms with van der Waals surface area (Å²) in [6.45, 7) is 2.84. The molecule has 0 amide bonds. The lowest BCUT2D eigenvalue weighted by Crippen LogP contribution is -2.15. The van der Waals surface area contributed by atoms with Crippen LogP contribution in [0, 0.1) is 6.92 Å². The number of nitrogens with one attached hydrogen (secondary N) is 1. The summed E-state index contributed by atoms with van der Waals surface area (Å²) in [5.74, 6) is 0. The number of benzene rings is 1. The molecule has 0 atom stereocenters. The van der Waals surface area contributed by atoms with E-state index in [1.165, 1.54) is 6.07 Å². The molecule has 1 N–H and O–H groups in total. The van der Waals surface area contributed by atoms with Crippen LogP contribution in [-0.2, 0) is 6.18 Å². The minimum atomic E-state index is -4.38. The molecule has 3 rings (SSSR count). The van der Waals surface area contributed by atoms with Crippen molar-refractivity contribution >= 4 is 5.71 Å². The average molecular weight is 305 g/mol. The van der Waals surface area contributed by atoms with E-state index in [1.54, 1.807) is 12.1 Å². The first kappa shape index (κ1) is 14.7. The molecular weight excluding hydrogens is 291 g/mol. The van der Waals surface area contributed by atoms with Gasteiger partial charge in [0.25, 0.3) is 0 Å². The lowest BCUT2D eigenvalue weighted by molar-refractivity contribution is -0.137. The Morgan fingerprint density at radius 3 is 2.55 bits per heavy atom. The SMILES string of the molecule is Cc1cccc(-c2cc(C(F)(F)F)ccc2C2=NCNC2)n1. The highest BCUT2D eigenvalue weighted by Crippen LogP contribution is 2.34. The number of aryl methyl sites for hydroxylation is 1. The summed E-state index contributed by atoms with van der Waals surface area (Å²) in [4.78, 5) is 8.66. The van der Waals surface area contributed by atoms with Crippen LogP contribution in [0.1, 0.15) is 16.8 Å². The van der Waals surface area contributed by atoms with Crippen LogP contribution >= 0.6 is 0 Å². The lowest BCUT2D eigenvalue weighted by Gasteiger charge is -2.13. The number of alkyl halides is 3. The summed E-state index contributed by atoms with van der Waals surface area (Å²) in [5.41, 5.74) is 2.51. The van der Waals surface area contributed by atoms with Gasteiger partial charge in [-0.05, 0) is 31.2 Å².